The zero-order valence-electron chi connectivity index (χ0n) is 18.6. The summed E-state index contributed by atoms with van der Waals surface area (Å²) in [7, 11) is -4.55. The first kappa shape index (κ1) is 24.9. The number of hydrogen-bond acceptors (Lipinski definition) is 5. The smallest absolute Gasteiger partial charge is 0.404 e. The molecule has 0 radical (unpaired) electrons. The normalized spacial score (nSPS) is 12.7. The summed E-state index contributed by atoms with van der Waals surface area (Å²) in [5.74, 6) is -2.13. The fraction of sp³-hybridized carbons (Fsp3) is 0.261. The Labute approximate surface area is 195 Å². The number of nitriles is 1. The number of amides is 1. The quantitative estimate of drug-likeness (QED) is 0.502. The van der Waals surface area contributed by atoms with Gasteiger partial charge in [-0.3, -0.25) is 0 Å². The molecule has 0 spiro atoms. The second kappa shape index (κ2) is 9.23. The van der Waals surface area contributed by atoms with Gasteiger partial charge in [-0.2, -0.15) is 9.65 Å². The van der Waals surface area contributed by atoms with Gasteiger partial charge < -0.3 is 10.4 Å². The highest BCUT2D eigenvalue weighted by atomic mass is 32.2. The third kappa shape index (κ3) is 4.77. The predicted octanol–water partition coefficient (Wildman–Crippen LogP) is 4.16. The van der Waals surface area contributed by atoms with Gasteiger partial charge in [0.1, 0.15) is 16.7 Å². The second-order valence-electron chi connectivity index (χ2n) is 8.64. The van der Waals surface area contributed by atoms with E-state index >= 15 is 4.39 Å². The summed E-state index contributed by atoms with van der Waals surface area (Å²) < 4.78 is 58.0. The number of pyridine rings is 1. The Kier molecular flexibility index (Phi) is 6.74. The summed E-state index contributed by atoms with van der Waals surface area (Å²) in [6, 6.07) is 8.88. The van der Waals surface area contributed by atoms with E-state index in [2.05, 4.69) is 10.3 Å². The van der Waals surface area contributed by atoms with E-state index in [9.17, 15) is 28.0 Å². The van der Waals surface area contributed by atoms with Crippen LogP contribution in [0.15, 0.2) is 53.7 Å². The van der Waals surface area contributed by atoms with E-state index in [0.29, 0.717) is 3.97 Å². The Morgan fingerprint density at radius 1 is 1.24 bits per heavy atom. The Morgan fingerprint density at radius 2 is 1.91 bits per heavy atom. The minimum absolute atomic E-state index is 0.148. The molecule has 0 aliphatic rings. The molecule has 11 heteroatoms. The number of benzene rings is 1. The zero-order valence-corrected chi connectivity index (χ0v) is 19.4. The Hall–Kier alpha value is -3.78. The average Bonchev–Trinajstić information content (AvgIpc) is 3.09. The summed E-state index contributed by atoms with van der Waals surface area (Å²) >= 11 is 0. The molecule has 34 heavy (non-hydrogen) atoms. The van der Waals surface area contributed by atoms with Gasteiger partial charge in [0.05, 0.1) is 11.1 Å². The lowest BCUT2D eigenvalue weighted by Crippen LogP contribution is -2.44. The maximum Gasteiger partial charge on any atom is 0.404 e. The van der Waals surface area contributed by atoms with E-state index in [4.69, 9.17) is 0 Å². The minimum Gasteiger partial charge on any atom is -0.465 e. The molecule has 0 aliphatic heterocycles. The highest BCUT2D eigenvalue weighted by molar-refractivity contribution is 7.90. The minimum atomic E-state index is -4.55. The zero-order chi connectivity index (χ0) is 25.3. The molecule has 0 saturated heterocycles. The van der Waals surface area contributed by atoms with Crippen molar-refractivity contribution in [1.82, 2.24) is 14.3 Å². The van der Waals surface area contributed by atoms with Gasteiger partial charge in [-0.25, -0.2) is 26.6 Å². The van der Waals surface area contributed by atoms with Gasteiger partial charge in [0.2, 0.25) is 5.95 Å². The third-order valence-corrected chi connectivity index (χ3v) is 7.03. The lowest BCUT2D eigenvalue weighted by Gasteiger charge is -2.30. The predicted molar refractivity (Wildman–Crippen MR) is 119 cm³/mol. The molecule has 2 N–H and O–H groups in total. The first-order valence-corrected chi connectivity index (χ1v) is 11.6. The van der Waals surface area contributed by atoms with Crippen molar-refractivity contribution in [3.8, 4) is 17.3 Å². The monoisotopic (exact) mass is 488 g/mol. The van der Waals surface area contributed by atoms with Crippen LogP contribution in [0.1, 0.15) is 31.9 Å². The van der Waals surface area contributed by atoms with Crippen LogP contribution in [0.3, 0.4) is 0 Å². The van der Waals surface area contributed by atoms with Crippen molar-refractivity contribution in [3.63, 3.8) is 0 Å². The summed E-state index contributed by atoms with van der Waals surface area (Å²) in [5.41, 5.74) is -1.97. The number of carboxylic acid groups (broad SMARTS) is 1. The fourth-order valence-electron chi connectivity index (χ4n) is 3.48. The third-order valence-electron chi connectivity index (χ3n) is 5.31. The fourth-order valence-corrected chi connectivity index (χ4v) is 5.01. The molecule has 0 bridgehead atoms. The highest BCUT2D eigenvalue weighted by Crippen LogP contribution is 2.34. The van der Waals surface area contributed by atoms with Gasteiger partial charge in [0, 0.05) is 24.0 Å². The topological polar surface area (TPSA) is 125 Å². The highest BCUT2D eigenvalue weighted by Gasteiger charge is 2.33. The van der Waals surface area contributed by atoms with Gasteiger partial charge in [0.25, 0.3) is 10.0 Å². The van der Waals surface area contributed by atoms with Crippen molar-refractivity contribution in [3.05, 3.63) is 71.7 Å². The van der Waals surface area contributed by atoms with Crippen LogP contribution in [0, 0.1) is 28.5 Å². The van der Waals surface area contributed by atoms with Crippen molar-refractivity contribution in [1.29, 1.82) is 5.26 Å². The van der Waals surface area contributed by atoms with Crippen LogP contribution in [-0.4, -0.2) is 34.6 Å². The van der Waals surface area contributed by atoms with E-state index in [1.807, 2.05) is 0 Å². The molecule has 1 amide bonds. The summed E-state index contributed by atoms with van der Waals surface area (Å²) in [5, 5.41) is 20.9. The maximum absolute atomic E-state index is 15.8. The molecule has 1 aromatic carbocycles. The van der Waals surface area contributed by atoms with Gasteiger partial charge >= 0.3 is 6.09 Å². The summed E-state index contributed by atoms with van der Waals surface area (Å²) in [4.78, 5) is 14.4. The second-order valence-corrected chi connectivity index (χ2v) is 10.4. The molecule has 2 aromatic heterocycles. The van der Waals surface area contributed by atoms with Crippen molar-refractivity contribution < 1.29 is 27.1 Å². The number of carbonyl (C=O) groups is 1. The van der Waals surface area contributed by atoms with Crippen LogP contribution in [0.4, 0.5) is 13.6 Å². The summed E-state index contributed by atoms with van der Waals surface area (Å²) in [6.45, 7) is 5.22. The van der Waals surface area contributed by atoms with Crippen molar-refractivity contribution >= 4 is 16.1 Å². The van der Waals surface area contributed by atoms with Crippen LogP contribution in [-0.2, 0) is 16.4 Å². The summed E-state index contributed by atoms with van der Waals surface area (Å²) in [6.07, 6.45) is 0.590. The SMILES string of the molecule is CC(C)(C)C(Cc1cn(S(=O)(=O)c2ccccc2C#N)c(-c2cccnc2F)c1F)NC(=O)O. The molecule has 8 nitrogen and oxygen atoms in total. The van der Waals surface area contributed by atoms with E-state index < -0.39 is 50.6 Å². The molecule has 178 valence electrons. The van der Waals surface area contributed by atoms with Crippen LogP contribution >= 0.6 is 0 Å². The molecular formula is C23H22F2N4O4S. The number of nitrogens with zero attached hydrogens (tertiary/aromatic N) is 3. The standard InChI is InChI=1S/C23H22F2N4O4S/c1-23(2,3)18(28-22(30)31)11-15-13-29(20(19(15)24)16-8-6-10-27-21(16)25)34(32,33)17-9-5-4-7-14(17)12-26/h4-10,13,18,28H,11H2,1-3H3,(H,30,31). The molecule has 0 aliphatic carbocycles. The number of hydrogen-bond donors (Lipinski definition) is 2. The van der Waals surface area contributed by atoms with E-state index in [-0.39, 0.29) is 22.4 Å². The Balaban J connectivity index is 2.29. The van der Waals surface area contributed by atoms with Gasteiger partial charge in [-0.05, 0) is 36.1 Å². The van der Waals surface area contributed by atoms with Crippen molar-refractivity contribution in [2.24, 2.45) is 5.41 Å². The first-order valence-electron chi connectivity index (χ1n) is 10.1. The molecule has 1 unspecified atom stereocenters. The molecule has 3 rings (SSSR count). The molecular weight excluding hydrogens is 466 g/mol. The van der Waals surface area contributed by atoms with Crippen molar-refractivity contribution in [2.45, 2.75) is 38.1 Å². The molecule has 3 aromatic rings. The van der Waals surface area contributed by atoms with Crippen LogP contribution < -0.4 is 5.32 Å². The van der Waals surface area contributed by atoms with Gasteiger partial charge in [-0.1, -0.05) is 32.9 Å². The largest absolute Gasteiger partial charge is 0.465 e. The average molecular weight is 489 g/mol. The van der Waals surface area contributed by atoms with Crippen LogP contribution in [0.25, 0.3) is 11.3 Å². The lowest BCUT2D eigenvalue weighted by molar-refractivity contribution is 0.174. The number of nitrogens with one attached hydrogen (secondary N) is 1. The van der Waals surface area contributed by atoms with Crippen LogP contribution in [0.2, 0.25) is 0 Å². The molecule has 1 atom stereocenters. The maximum atomic E-state index is 15.8. The number of aromatic nitrogens is 2. The Bertz CT molecular complexity index is 1390. The first-order chi connectivity index (χ1) is 15.9. The van der Waals surface area contributed by atoms with E-state index in [0.717, 1.165) is 12.4 Å². The van der Waals surface area contributed by atoms with Crippen molar-refractivity contribution in [2.75, 3.05) is 0 Å². The Morgan fingerprint density at radius 3 is 2.50 bits per heavy atom. The number of halogens is 2. The lowest BCUT2D eigenvalue weighted by atomic mass is 9.83. The van der Waals surface area contributed by atoms with E-state index in [1.54, 1.807) is 26.8 Å². The number of rotatable bonds is 6. The van der Waals surface area contributed by atoms with Gasteiger partial charge in [-0.15, -0.1) is 0 Å². The molecule has 2 heterocycles. The molecule has 0 fully saturated rings. The van der Waals surface area contributed by atoms with E-state index in [1.165, 1.54) is 36.4 Å². The molecule has 0 saturated carbocycles. The van der Waals surface area contributed by atoms with Gasteiger partial charge in [0.15, 0.2) is 5.82 Å². The van der Waals surface area contributed by atoms with Crippen LogP contribution in [0.5, 0.6) is 0 Å².